The number of nitrogens with two attached hydrogens (primary N) is 1. The zero-order valence-corrected chi connectivity index (χ0v) is 24.4. The van der Waals surface area contributed by atoms with Crippen LogP contribution in [0.2, 0.25) is 0 Å². The summed E-state index contributed by atoms with van der Waals surface area (Å²) in [5, 5.41) is 11.1. The molecule has 0 aromatic heterocycles. The minimum atomic E-state index is 0. The zero-order chi connectivity index (χ0) is 24.2. The number of hydrogen-bond donors (Lipinski definition) is 4. The first-order valence-electron chi connectivity index (χ1n) is 15.2. The van der Waals surface area contributed by atoms with Crippen LogP contribution in [0.25, 0.3) is 0 Å². The Kier molecular flexibility index (Phi) is 11.3. The van der Waals surface area contributed by atoms with E-state index in [1.165, 1.54) is 64.2 Å². The van der Waals surface area contributed by atoms with E-state index in [-0.39, 0.29) is 12.4 Å². The van der Waals surface area contributed by atoms with Gasteiger partial charge in [0.25, 0.3) is 0 Å². The predicted octanol–water partition coefficient (Wildman–Crippen LogP) is 5.60. The van der Waals surface area contributed by atoms with Crippen LogP contribution in [0, 0.1) is 46.3 Å². The smallest absolute Gasteiger partial charge is 0.00793 e. The van der Waals surface area contributed by atoms with E-state index in [4.69, 9.17) is 5.73 Å². The van der Waals surface area contributed by atoms with E-state index in [0.717, 1.165) is 81.2 Å². The summed E-state index contributed by atoms with van der Waals surface area (Å²) in [6, 6.07) is 0.703. The third-order valence-corrected chi connectivity index (χ3v) is 11.5. The first kappa shape index (κ1) is 29.7. The Bertz CT molecular complexity index is 581. The van der Waals surface area contributed by atoms with Crippen molar-refractivity contribution in [2.24, 2.45) is 52.1 Å². The van der Waals surface area contributed by atoms with Crippen molar-refractivity contribution in [3.8, 4) is 0 Å². The molecular formula is C30H59ClN4. The molecule has 0 saturated heterocycles. The SMILES string of the molecule is CC1(C)C2CCC(C2)C1CCC(CCC1C2CCC(C2)C1(C)C)NCCNCCNCCCN.Cl. The molecule has 4 bridgehead atoms. The summed E-state index contributed by atoms with van der Waals surface area (Å²) in [6.07, 6.45) is 15.8. The molecule has 35 heavy (non-hydrogen) atoms. The van der Waals surface area contributed by atoms with Crippen molar-refractivity contribution in [1.29, 1.82) is 0 Å². The molecule has 0 aliphatic heterocycles. The summed E-state index contributed by atoms with van der Waals surface area (Å²) >= 11 is 0. The maximum atomic E-state index is 5.57. The van der Waals surface area contributed by atoms with Crippen LogP contribution in [0.5, 0.6) is 0 Å². The van der Waals surface area contributed by atoms with E-state index in [1.54, 1.807) is 0 Å². The molecule has 206 valence electrons. The van der Waals surface area contributed by atoms with Gasteiger partial charge in [0, 0.05) is 32.2 Å². The summed E-state index contributed by atoms with van der Waals surface area (Å²) in [4.78, 5) is 0. The number of nitrogens with one attached hydrogen (secondary N) is 3. The first-order chi connectivity index (χ1) is 16.3. The Morgan fingerprint density at radius 2 is 1.20 bits per heavy atom. The molecule has 0 aromatic carbocycles. The van der Waals surface area contributed by atoms with Gasteiger partial charge in [-0.2, -0.15) is 0 Å². The van der Waals surface area contributed by atoms with Gasteiger partial charge in [-0.25, -0.2) is 0 Å². The highest BCUT2D eigenvalue weighted by atomic mass is 35.5. The third kappa shape index (κ3) is 6.96. The lowest BCUT2D eigenvalue weighted by atomic mass is 9.66. The Morgan fingerprint density at radius 3 is 1.66 bits per heavy atom. The molecule has 5 heteroatoms. The largest absolute Gasteiger partial charge is 0.330 e. The number of rotatable bonds is 16. The Hall–Kier alpha value is 0.130. The van der Waals surface area contributed by atoms with E-state index < -0.39 is 0 Å². The molecule has 6 unspecified atom stereocenters. The van der Waals surface area contributed by atoms with Gasteiger partial charge in [0.2, 0.25) is 0 Å². The van der Waals surface area contributed by atoms with Crippen LogP contribution < -0.4 is 21.7 Å². The van der Waals surface area contributed by atoms with Crippen LogP contribution in [-0.4, -0.2) is 45.3 Å². The fourth-order valence-electron chi connectivity index (χ4n) is 9.28. The fraction of sp³-hybridized carbons (Fsp3) is 1.00. The number of hydrogen-bond acceptors (Lipinski definition) is 4. The molecule has 4 saturated carbocycles. The van der Waals surface area contributed by atoms with Crippen LogP contribution >= 0.6 is 12.4 Å². The molecule has 0 spiro atoms. The first-order valence-corrected chi connectivity index (χ1v) is 15.2. The van der Waals surface area contributed by atoms with E-state index >= 15 is 0 Å². The average molecular weight is 511 g/mol. The summed E-state index contributed by atoms with van der Waals surface area (Å²) in [5.41, 5.74) is 6.73. The van der Waals surface area contributed by atoms with E-state index in [9.17, 15) is 0 Å². The topological polar surface area (TPSA) is 62.1 Å². The van der Waals surface area contributed by atoms with E-state index in [2.05, 4.69) is 43.6 Å². The second-order valence-electron chi connectivity index (χ2n) is 13.8. The van der Waals surface area contributed by atoms with Gasteiger partial charge in [-0.3, -0.25) is 0 Å². The molecule has 4 rings (SSSR count). The van der Waals surface area contributed by atoms with Crippen molar-refractivity contribution < 1.29 is 0 Å². The quantitative estimate of drug-likeness (QED) is 0.204. The molecule has 0 heterocycles. The van der Waals surface area contributed by atoms with Crippen LogP contribution in [0.3, 0.4) is 0 Å². The van der Waals surface area contributed by atoms with Gasteiger partial charge < -0.3 is 21.7 Å². The Morgan fingerprint density at radius 1 is 0.714 bits per heavy atom. The average Bonchev–Trinajstić information content (AvgIpc) is 3.55. The molecule has 4 nitrogen and oxygen atoms in total. The van der Waals surface area contributed by atoms with Gasteiger partial charge in [0.1, 0.15) is 0 Å². The van der Waals surface area contributed by atoms with Crippen molar-refractivity contribution in [2.45, 2.75) is 104 Å². The van der Waals surface area contributed by atoms with E-state index in [0.29, 0.717) is 16.9 Å². The van der Waals surface area contributed by atoms with Gasteiger partial charge in [0.15, 0.2) is 0 Å². The Balaban J connectivity index is 0.00000342. The van der Waals surface area contributed by atoms with Crippen molar-refractivity contribution in [3.05, 3.63) is 0 Å². The molecule has 5 N–H and O–H groups in total. The molecule has 0 radical (unpaired) electrons. The van der Waals surface area contributed by atoms with E-state index in [1.807, 2.05) is 0 Å². The summed E-state index contributed by atoms with van der Waals surface area (Å²) in [5.74, 6) is 5.99. The molecule has 4 aliphatic carbocycles. The number of halogens is 1. The lowest BCUT2D eigenvalue weighted by Crippen LogP contribution is -2.39. The van der Waals surface area contributed by atoms with Crippen LogP contribution in [0.1, 0.15) is 98.3 Å². The highest BCUT2D eigenvalue weighted by Crippen LogP contribution is 2.62. The van der Waals surface area contributed by atoms with Crippen molar-refractivity contribution in [2.75, 3.05) is 39.3 Å². The summed E-state index contributed by atoms with van der Waals surface area (Å²) in [6.45, 7) is 16.5. The lowest BCUT2D eigenvalue weighted by molar-refractivity contribution is 0.0996. The van der Waals surface area contributed by atoms with Gasteiger partial charge in [-0.1, -0.05) is 27.7 Å². The third-order valence-electron chi connectivity index (χ3n) is 11.5. The molecular weight excluding hydrogens is 452 g/mol. The maximum absolute atomic E-state index is 5.57. The van der Waals surface area contributed by atoms with Gasteiger partial charge in [-0.15, -0.1) is 12.4 Å². The molecule has 6 atom stereocenters. The van der Waals surface area contributed by atoms with Crippen molar-refractivity contribution in [3.63, 3.8) is 0 Å². The predicted molar refractivity (Wildman–Crippen MR) is 153 cm³/mol. The summed E-state index contributed by atoms with van der Waals surface area (Å²) in [7, 11) is 0. The van der Waals surface area contributed by atoms with Crippen LogP contribution in [0.15, 0.2) is 0 Å². The molecule has 0 amide bonds. The van der Waals surface area contributed by atoms with Crippen LogP contribution in [0.4, 0.5) is 0 Å². The lowest BCUT2D eigenvalue weighted by Gasteiger charge is -2.40. The van der Waals surface area contributed by atoms with Crippen molar-refractivity contribution >= 4 is 12.4 Å². The van der Waals surface area contributed by atoms with Gasteiger partial charge >= 0.3 is 0 Å². The van der Waals surface area contributed by atoms with Crippen molar-refractivity contribution in [1.82, 2.24) is 16.0 Å². The highest BCUT2D eigenvalue weighted by molar-refractivity contribution is 5.85. The molecule has 0 aromatic rings. The minimum absolute atomic E-state index is 0. The zero-order valence-electron chi connectivity index (χ0n) is 23.5. The van der Waals surface area contributed by atoms with Gasteiger partial charge in [-0.05, 0) is 130 Å². The maximum Gasteiger partial charge on any atom is 0.00793 e. The minimum Gasteiger partial charge on any atom is -0.330 e. The monoisotopic (exact) mass is 510 g/mol. The second-order valence-corrected chi connectivity index (χ2v) is 13.8. The fourth-order valence-corrected chi connectivity index (χ4v) is 9.28. The highest BCUT2D eigenvalue weighted by Gasteiger charge is 2.53. The molecule has 4 aliphatic rings. The number of fused-ring (bicyclic) bond motifs is 4. The standard InChI is InChI=1S/C30H58N4.ClH/c1-29(2)24-8-6-22(20-24)27(29)12-10-26(34-19-18-33-17-16-32-15-5-14-31)11-13-28-23-7-9-25(21-23)30(28,3)4;/h22-28,32-34H,5-21,31H2,1-4H3;1H. The Labute approximate surface area is 223 Å². The van der Waals surface area contributed by atoms with Crippen LogP contribution in [-0.2, 0) is 0 Å². The second kappa shape index (κ2) is 13.3. The van der Waals surface area contributed by atoms with Gasteiger partial charge in [0.05, 0.1) is 0 Å². The molecule has 4 fully saturated rings. The summed E-state index contributed by atoms with van der Waals surface area (Å²) < 4.78 is 0. The normalized spacial score (nSPS) is 34.9.